The molecular weight excluding hydrogens is 216 g/mol. The smallest absolute Gasteiger partial charge is 0.150 e. The molecule has 1 heterocycles. The van der Waals surface area contributed by atoms with Gasteiger partial charge in [0.1, 0.15) is 11.5 Å². The van der Waals surface area contributed by atoms with E-state index in [0.717, 1.165) is 30.8 Å². The normalized spacial score (nSPS) is 13.9. The second-order valence-corrected chi connectivity index (χ2v) is 5.37. The highest BCUT2D eigenvalue weighted by Gasteiger charge is 2.20. The number of unbranched alkanes of at least 4 members (excludes halogenated alkanes) is 1. The Morgan fingerprint density at radius 2 is 2.00 bits per heavy atom. The Morgan fingerprint density at radius 1 is 1.29 bits per heavy atom. The van der Waals surface area contributed by atoms with Crippen LogP contribution < -0.4 is 0 Å². The van der Waals surface area contributed by atoms with Gasteiger partial charge in [-0.1, -0.05) is 19.8 Å². The van der Waals surface area contributed by atoms with Crippen LogP contribution in [0.5, 0.6) is 0 Å². The summed E-state index contributed by atoms with van der Waals surface area (Å²) in [6.45, 7) is 10.0. The van der Waals surface area contributed by atoms with Gasteiger partial charge in [-0.2, -0.15) is 0 Å². The average molecular weight is 240 g/mol. The monoisotopic (exact) mass is 240 g/mol. The molecular formula is C14H24O3. The molecule has 98 valence electrons. The van der Waals surface area contributed by atoms with Crippen LogP contribution in [0.15, 0.2) is 16.5 Å². The first-order valence-corrected chi connectivity index (χ1v) is 6.33. The summed E-state index contributed by atoms with van der Waals surface area (Å²) in [6.07, 6.45) is 3.04. The molecule has 1 rings (SSSR count). The van der Waals surface area contributed by atoms with Crippen molar-refractivity contribution in [1.29, 1.82) is 0 Å². The zero-order valence-corrected chi connectivity index (χ0v) is 11.6. The lowest BCUT2D eigenvalue weighted by molar-refractivity contribution is -0.379. The topological polar surface area (TPSA) is 31.6 Å². The minimum atomic E-state index is -0.300. The van der Waals surface area contributed by atoms with Crippen molar-refractivity contribution < 1.29 is 14.2 Å². The average Bonchev–Trinajstić information content (AvgIpc) is 2.63. The molecule has 0 spiro atoms. The third kappa shape index (κ3) is 5.37. The second kappa shape index (κ2) is 6.22. The van der Waals surface area contributed by atoms with Gasteiger partial charge in [-0.15, -0.1) is 0 Å². The number of hydrogen-bond acceptors (Lipinski definition) is 3. The molecule has 0 bridgehead atoms. The molecule has 1 unspecified atom stereocenters. The van der Waals surface area contributed by atoms with Gasteiger partial charge in [-0.25, -0.2) is 9.78 Å². The summed E-state index contributed by atoms with van der Waals surface area (Å²) in [5.74, 6) is 1.75. The van der Waals surface area contributed by atoms with Crippen LogP contribution in [0.1, 0.15) is 64.6 Å². The highest BCUT2D eigenvalue weighted by molar-refractivity contribution is 5.08. The summed E-state index contributed by atoms with van der Waals surface area (Å²) in [5, 5.41) is 0. The summed E-state index contributed by atoms with van der Waals surface area (Å²) >= 11 is 0. The first-order chi connectivity index (χ1) is 7.92. The third-order valence-electron chi connectivity index (χ3n) is 2.31. The number of furan rings is 1. The molecule has 0 aliphatic rings. The zero-order valence-electron chi connectivity index (χ0n) is 11.6. The lowest BCUT2D eigenvalue weighted by Crippen LogP contribution is -2.21. The van der Waals surface area contributed by atoms with Crippen molar-refractivity contribution >= 4 is 0 Å². The van der Waals surface area contributed by atoms with Gasteiger partial charge in [-0.05, 0) is 46.2 Å². The maximum atomic E-state index is 5.60. The zero-order chi connectivity index (χ0) is 12.9. The van der Waals surface area contributed by atoms with Crippen molar-refractivity contribution in [2.45, 2.75) is 65.6 Å². The predicted molar refractivity (Wildman–Crippen MR) is 67.6 cm³/mol. The van der Waals surface area contributed by atoms with Crippen LogP contribution in [0.3, 0.4) is 0 Å². The third-order valence-corrected chi connectivity index (χ3v) is 2.31. The SMILES string of the molecule is CCCCC(OOC(C)(C)C)c1ccc(C)o1. The van der Waals surface area contributed by atoms with Crippen LogP contribution >= 0.6 is 0 Å². The Bertz CT molecular complexity index is 322. The van der Waals surface area contributed by atoms with Crippen LogP contribution in [0, 0.1) is 6.92 Å². The van der Waals surface area contributed by atoms with Crippen molar-refractivity contribution in [2.75, 3.05) is 0 Å². The molecule has 0 N–H and O–H groups in total. The van der Waals surface area contributed by atoms with E-state index in [1.54, 1.807) is 0 Å². The van der Waals surface area contributed by atoms with Gasteiger partial charge in [0, 0.05) is 0 Å². The van der Waals surface area contributed by atoms with Gasteiger partial charge >= 0.3 is 0 Å². The lowest BCUT2D eigenvalue weighted by atomic mass is 10.1. The summed E-state index contributed by atoms with van der Waals surface area (Å²) < 4.78 is 5.60. The van der Waals surface area contributed by atoms with Crippen LogP contribution in [0.2, 0.25) is 0 Å². The molecule has 0 saturated carbocycles. The fourth-order valence-corrected chi connectivity index (χ4v) is 1.46. The molecule has 1 aromatic heterocycles. The number of hydrogen-bond donors (Lipinski definition) is 0. The number of aryl methyl sites for hydroxylation is 1. The molecule has 0 aliphatic carbocycles. The van der Waals surface area contributed by atoms with Gasteiger partial charge in [0.2, 0.25) is 0 Å². The van der Waals surface area contributed by atoms with E-state index in [0.29, 0.717) is 0 Å². The second-order valence-electron chi connectivity index (χ2n) is 5.37. The van der Waals surface area contributed by atoms with Crippen molar-refractivity contribution in [3.8, 4) is 0 Å². The summed E-state index contributed by atoms with van der Waals surface area (Å²) in [6, 6.07) is 3.91. The van der Waals surface area contributed by atoms with E-state index in [1.165, 1.54) is 0 Å². The molecule has 0 aromatic carbocycles. The summed E-state index contributed by atoms with van der Waals surface area (Å²) in [7, 11) is 0. The Labute approximate surface area is 104 Å². The maximum Gasteiger partial charge on any atom is 0.150 e. The quantitative estimate of drug-likeness (QED) is 0.539. The van der Waals surface area contributed by atoms with E-state index in [9.17, 15) is 0 Å². The fourth-order valence-electron chi connectivity index (χ4n) is 1.46. The standard InChI is InChI=1S/C14H24O3/c1-6-7-8-13(16-17-14(3,4)5)12-10-9-11(2)15-12/h9-10,13H,6-8H2,1-5H3. The van der Waals surface area contributed by atoms with Gasteiger partial charge in [0.15, 0.2) is 6.10 Å². The van der Waals surface area contributed by atoms with E-state index < -0.39 is 0 Å². The van der Waals surface area contributed by atoms with Gasteiger partial charge in [-0.3, -0.25) is 0 Å². The van der Waals surface area contributed by atoms with E-state index >= 15 is 0 Å². The summed E-state index contributed by atoms with van der Waals surface area (Å²) in [5.41, 5.74) is -0.300. The number of rotatable bonds is 6. The molecule has 0 fully saturated rings. The van der Waals surface area contributed by atoms with E-state index in [-0.39, 0.29) is 11.7 Å². The van der Waals surface area contributed by atoms with Gasteiger partial charge in [0.25, 0.3) is 0 Å². The molecule has 0 aliphatic heterocycles. The van der Waals surface area contributed by atoms with E-state index in [1.807, 2.05) is 39.8 Å². The van der Waals surface area contributed by atoms with Crippen LogP contribution in [-0.2, 0) is 9.78 Å². The predicted octanol–water partition coefficient (Wildman–Crippen LogP) is 4.57. The molecule has 3 heteroatoms. The van der Waals surface area contributed by atoms with Gasteiger partial charge < -0.3 is 4.42 Å². The Morgan fingerprint density at radius 3 is 2.47 bits per heavy atom. The highest BCUT2D eigenvalue weighted by Crippen LogP contribution is 2.27. The van der Waals surface area contributed by atoms with E-state index in [2.05, 4.69) is 6.92 Å². The molecule has 3 nitrogen and oxygen atoms in total. The molecule has 0 radical (unpaired) electrons. The molecule has 0 amide bonds. The van der Waals surface area contributed by atoms with Crippen molar-refractivity contribution in [3.05, 3.63) is 23.7 Å². The Hall–Kier alpha value is -0.800. The first kappa shape index (κ1) is 14.3. The largest absolute Gasteiger partial charge is 0.463 e. The minimum Gasteiger partial charge on any atom is -0.463 e. The van der Waals surface area contributed by atoms with Crippen molar-refractivity contribution in [3.63, 3.8) is 0 Å². The van der Waals surface area contributed by atoms with Crippen LogP contribution in [-0.4, -0.2) is 5.60 Å². The first-order valence-electron chi connectivity index (χ1n) is 6.33. The maximum absolute atomic E-state index is 5.60. The summed E-state index contributed by atoms with van der Waals surface area (Å²) in [4.78, 5) is 10.9. The van der Waals surface area contributed by atoms with Gasteiger partial charge in [0.05, 0.1) is 5.60 Å². The molecule has 1 aromatic rings. The van der Waals surface area contributed by atoms with Crippen LogP contribution in [0.4, 0.5) is 0 Å². The molecule has 0 saturated heterocycles. The lowest BCUT2D eigenvalue weighted by Gasteiger charge is -2.22. The Kier molecular flexibility index (Phi) is 5.22. The Balaban J connectivity index is 2.60. The minimum absolute atomic E-state index is 0.108. The molecule has 17 heavy (non-hydrogen) atoms. The molecule has 1 atom stereocenters. The van der Waals surface area contributed by atoms with Crippen molar-refractivity contribution in [2.24, 2.45) is 0 Å². The van der Waals surface area contributed by atoms with Crippen LogP contribution in [0.25, 0.3) is 0 Å². The van der Waals surface area contributed by atoms with E-state index in [4.69, 9.17) is 14.2 Å². The fraction of sp³-hybridized carbons (Fsp3) is 0.714. The highest BCUT2D eigenvalue weighted by atomic mass is 17.2. The van der Waals surface area contributed by atoms with Crippen molar-refractivity contribution in [1.82, 2.24) is 0 Å².